The third-order valence-corrected chi connectivity index (χ3v) is 5.32. The van der Waals surface area contributed by atoms with E-state index in [9.17, 15) is 28.1 Å². The molecule has 1 N–H and O–H groups in total. The number of benzene rings is 1. The fourth-order valence-electron chi connectivity index (χ4n) is 3.90. The number of hydrogen-bond donors (Lipinski definition) is 1. The van der Waals surface area contributed by atoms with E-state index >= 15 is 0 Å². The number of alkyl halides is 3. The Morgan fingerprint density at radius 2 is 1.89 bits per heavy atom. The van der Waals surface area contributed by atoms with Crippen molar-refractivity contribution in [3.63, 3.8) is 0 Å². The normalized spacial score (nSPS) is 23.3. The monoisotopic (exact) mass is 385 g/mol. The second-order valence-electron chi connectivity index (χ2n) is 7.23. The van der Waals surface area contributed by atoms with Gasteiger partial charge in [0.25, 0.3) is 11.6 Å². The highest BCUT2D eigenvalue weighted by molar-refractivity contribution is 5.99. The van der Waals surface area contributed by atoms with Gasteiger partial charge in [-0.1, -0.05) is 6.42 Å². The molecule has 2 aliphatic rings. The molecule has 9 heteroatoms. The molecule has 1 amide bonds. The highest BCUT2D eigenvalue weighted by Gasteiger charge is 2.42. The van der Waals surface area contributed by atoms with Crippen LogP contribution in [0.15, 0.2) is 18.2 Å². The number of amides is 1. The van der Waals surface area contributed by atoms with E-state index in [1.54, 1.807) is 4.90 Å². The maximum absolute atomic E-state index is 13.0. The molecule has 1 aliphatic carbocycles. The zero-order chi connectivity index (χ0) is 19.6. The zero-order valence-corrected chi connectivity index (χ0v) is 14.8. The Labute approximate surface area is 154 Å². The first-order chi connectivity index (χ1) is 12.8. The average Bonchev–Trinajstić information content (AvgIpc) is 3.15. The molecule has 1 saturated heterocycles. The summed E-state index contributed by atoms with van der Waals surface area (Å²) in [5, 5.41) is 14.3. The number of nitro benzene ring substituents is 1. The number of halogens is 3. The van der Waals surface area contributed by atoms with Crippen LogP contribution in [0.1, 0.15) is 48.9 Å². The standard InChI is InChI=1S/C18H22F3N3O3/c19-18(20,21)12-4-3-5-13(10-12)22-14-6-7-16(24(26)27)15(11-14)17(25)23-8-1-2-9-23/h6-7,11-13,22H,1-5,8-10H2. The number of hydrogen-bond acceptors (Lipinski definition) is 4. The van der Waals surface area contributed by atoms with Crippen molar-refractivity contribution in [3.8, 4) is 0 Å². The van der Waals surface area contributed by atoms with Gasteiger partial charge in [0.1, 0.15) is 5.56 Å². The molecule has 2 fully saturated rings. The van der Waals surface area contributed by atoms with Gasteiger partial charge in [-0.05, 0) is 44.2 Å². The molecule has 1 saturated carbocycles. The van der Waals surface area contributed by atoms with Gasteiger partial charge in [-0.25, -0.2) is 0 Å². The van der Waals surface area contributed by atoms with Crippen molar-refractivity contribution in [2.45, 2.75) is 50.7 Å². The molecule has 0 aromatic heterocycles. The zero-order valence-electron chi connectivity index (χ0n) is 14.8. The van der Waals surface area contributed by atoms with Gasteiger partial charge in [-0.15, -0.1) is 0 Å². The summed E-state index contributed by atoms with van der Waals surface area (Å²) in [6, 6.07) is 3.73. The predicted octanol–water partition coefficient (Wildman–Crippen LogP) is 4.36. The van der Waals surface area contributed by atoms with Crippen LogP contribution < -0.4 is 5.32 Å². The largest absolute Gasteiger partial charge is 0.391 e. The van der Waals surface area contributed by atoms with Crippen molar-refractivity contribution < 1.29 is 22.9 Å². The van der Waals surface area contributed by atoms with Crippen molar-refractivity contribution in [2.24, 2.45) is 5.92 Å². The quantitative estimate of drug-likeness (QED) is 0.617. The van der Waals surface area contributed by atoms with E-state index in [-0.39, 0.29) is 30.1 Å². The fraction of sp³-hybridized carbons (Fsp3) is 0.611. The molecule has 2 unspecified atom stereocenters. The second-order valence-corrected chi connectivity index (χ2v) is 7.23. The fourth-order valence-corrected chi connectivity index (χ4v) is 3.90. The van der Waals surface area contributed by atoms with Gasteiger partial charge in [-0.2, -0.15) is 13.2 Å². The van der Waals surface area contributed by atoms with Crippen molar-refractivity contribution in [2.75, 3.05) is 18.4 Å². The average molecular weight is 385 g/mol. The molecule has 0 bridgehead atoms. The first-order valence-corrected chi connectivity index (χ1v) is 9.16. The van der Waals surface area contributed by atoms with Gasteiger partial charge >= 0.3 is 6.18 Å². The Hall–Kier alpha value is -2.32. The third kappa shape index (κ3) is 4.51. The van der Waals surface area contributed by atoms with Crippen molar-refractivity contribution in [1.29, 1.82) is 0 Å². The first-order valence-electron chi connectivity index (χ1n) is 9.16. The Balaban J connectivity index is 1.79. The van der Waals surface area contributed by atoms with Crippen LogP contribution in [0.3, 0.4) is 0 Å². The number of carbonyl (C=O) groups is 1. The first kappa shape index (κ1) is 19.4. The lowest BCUT2D eigenvalue weighted by Gasteiger charge is -2.31. The number of anilines is 1. The minimum atomic E-state index is -4.22. The minimum absolute atomic E-state index is 0.0184. The highest BCUT2D eigenvalue weighted by Crippen LogP contribution is 2.38. The van der Waals surface area contributed by atoms with E-state index in [2.05, 4.69) is 5.32 Å². The second kappa shape index (κ2) is 7.74. The number of nitrogens with one attached hydrogen (secondary N) is 1. The maximum Gasteiger partial charge on any atom is 0.391 e. The van der Waals surface area contributed by atoms with Crippen LogP contribution in [0, 0.1) is 16.0 Å². The van der Waals surface area contributed by atoms with Gasteiger partial charge in [0.2, 0.25) is 0 Å². The molecule has 1 aliphatic heterocycles. The molecule has 148 valence electrons. The van der Waals surface area contributed by atoms with E-state index in [1.807, 2.05) is 0 Å². The van der Waals surface area contributed by atoms with Crippen LogP contribution >= 0.6 is 0 Å². The summed E-state index contributed by atoms with van der Waals surface area (Å²) in [6.07, 6.45) is -1.34. The van der Waals surface area contributed by atoms with Gasteiger partial charge in [0, 0.05) is 30.9 Å². The Kier molecular flexibility index (Phi) is 5.57. The number of rotatable bonds is 4. The SMILES string of the molecule is O=C(c1cc(NC2CCCC(C(F)(F)F)C2)ccc1[N+](=O)[O-])N1CCCC1. The van der Waals surface area contributed by atoms with E-state index in [0.29, 0.717) is 31.6 Å². The molecule has 6 nitrogen and oxygen atoms in total. The molecular formula is C18H22F3N3O3. The molecule has 0 spiro atoms. The maximum atomic E-state index is 13.0. The number of nitro groups is 1. The Morgan fingerprint density at radius 1 is 1.19 bits per heavy atom. The Morgan fingerprint density at radius 3 is 2.52 bits per heavy atom. The summed E-state index contributed by atoms with van der Waals surface area (Å²) in [5.74, 6) is -1.74. The lowest BCUT2D eigenvalue weighted by Crippen LogP contribution is -2.34. The van der Waals surface area contributed by atoms with E-state index < -0.39 is 22.9 Å². The predicted molar refractivity (Wildman–Crippen MR) is 93.7 cm³/mol. The molecule has 1 heterocycles. The van der Waals surface area contributed by atoms with Crippen LogP contribution in [0.2, 0.25) is 0 Å². The smallest absolute Gasteiger partial charge is 0.382 e. The van der Waals surface area contributed by atoms with Crippen LogP contribution in [-0.4, -0.2) is 41.0 Å². The Bertz CT molecular complexity index is 718. The summed E-state index contributed by atoms with van der Waals surface area (Å²) in [6.45, 7) is 1.12. The van der Waals surface area contributed by atoms with Gasteiger partial charge in [-0.3, -0.25) is 14.9 Å². The van der Waals surface area contributed by atoms with E-state index in [0.717, 1.165) is 12.8 Å². The topological polar surface area (TPSA) is 75.5 Å². The molecule has 27 heavy (non-hydrogen) atoms. The van der Waals surface area contributed by atoms with Gasteiger partial charge in [0.15, 0.2) is 0 Å². The van der Waals surface area contributed by atoms with Crippen LogP contribution in [0.4, 0.5) is 24.5 Å². The van der Waals surface area contributed by atoms with Crippen LogP contribution in [-0.2, 0) is 0 Å². The lowest BCUT2D eigenvalue weighted by atomic mass is 9.85. The summed E-state index contributed by atoms with van der Waals surface area (Å²) in [7, 11) is 0. The molecule has 1 aromatic carbocycles. The number of carbonyl (C=O) groups excluding carboxylic acids is 1. The molecule has 3 rings (SSSR count). The summed E-state index contributed by atoms with van der Waals surface area (Å²) >= 11 is 0. The third-order valence-electron chi connectivity index (χ3n) is 5.32. The molecular weight excluding hydrogens is 363 g/mol. The lowest BCUT2D eigenvalue weighted by molar-refractivity contribution is -0.385. The highest BCUT2D eigenvalue weighted by atomic mass is 19.4. The van der Waals surface area contributed by atoms with E-state index in [1.165, 1.54) is 18.2 Å². The summed E-state index contributed by atoms with van der Waals surface area (Å²) in [4.78, 5) is 24.9. The van der Waals surface area contributed by atoms with Crippen LogP contribution in [0.25, 0.3) is 0 Å². The molecule has 1 aromatic rings. The minimum Gasteiger partial charge on any atom is -0.382 e. The van der Waals surface area contributed by atoms with Crippen molar-refractivity contribution >= 4 is 17.3 Å². The van der Waals surface area contributed by atoms with E-state index in [4.69, 9.17) is 0 Å². The molecule has 0 radical (unpaired) electrons. The molecule has 2 atom stereocenters. The number of likely N-dealkylation sites (tertiary alicyclic amines) is 1. The van der Waals surface area contributed by atoms with Gasteiger partial charge < -0.3 is 10.2 Å². The summed E-state index contributed by atoms with van der Waals surface area (Å²) < 4.78 is 39.0. The van der Waals surface area contributed by atoms with Crippen molar-refractivity contribution in [3.05, 3.63) is 33.9 Å². The van der Waals surface area contributed by atoms with Crippen molar-refractivity contribution in [1.82, 2.24) is 4.90 Å². The summed E-state index contributed by atoms with van der Waals surface area (Å²) in [5.41, 5.74) is 0.139. The van der Waals surface area contributed by atoms with Gasteiger partial charge in [0.05, 0.1) is 10.8 Å². The van der Waals surface area contributed by atoms with Crippen LogP contribution in [0.5, 0.6) is 0 Å². The number of nitrogens with zero attached hydrogens (tertiary/aromatic N) is 2.